The highest BCUT2D eigenvalue weighted by Crippen LogP contribution is 2.43. The zero-order valence-electron chi connectivity index (χ0n) is 20.9. The molecule has 1 N–H and O–H groups in total. The summed E-state index contributed by atoms with van der Waals surface area (Å²) in [4.78, 5) is 12.3. The Morgan fingerprint density at radius 3 is 2.62 bits per heavy atom. The van der Waals surface area contributed by atoms with Gasteiger partial charge in [-0.25, -0.2) is 4.79 Å². The number of nitriles is 1. The molecule has 0 spiro atoms. The number of carbonyl (C=O) groups is 1. The van der Waals surface area contributed by atoms with Gasteiger partial charge in [-0.1, -0.05) is 16.8 Å². The Balaban J connectivity index is 1.28. The molecule has 3 aliphatic rings. The normalized spacial score (nSPS) is 17.4. The molecule has 1 amide bonds. The molecule has 8 heteroatoms. The third-order valence-corrected chi connectivity index (χ3v) is 7.55. The van der Waals surface area contributed by atoms with E-state index < -0.39 is 6.09 Å². The lowest BCUT2D eigenvalue weighted by atomic mass is 9.92. The summed E-state index contributed by atoms with van der Waals surface area (Å²) >= 11 is 0. The number of hydrogen-bond donors (Lipinski definition) is 1. The van der Waals surface area contributed by atoms with E-state index >= 15 is 0 Å². The maximum Gasteiger partial charge on any atom is 0.411 e. The van der Waals surface area contributed by atoms with Gasteiger partial charge in [0.25, 0.3) is 0 Å². The third kappa shape index (κ3) is 4.69. The first kappa shape index (κ1) is 23.3. The van der Waals surface area contributed by atoms with Crippen molar-refractivity contribution in [2.24, 2.45) is 11.0 Å². The molecule has 1 aliphatic heterocycles. The molecule has 1 unspecified atom stereocenters. The van der Waals surface area contributed by atoms with Crippen LogP contribution in [0.3, 0.4) is 0 Å². The molecular formula is C29H30N5O3+. The van der Waals surface area contributed by atoms with Crippen LogP contribution in [-0.4, -0.2) is 34.6 Å². The van der Waals surface area contributed by atoms with Crippen molar-refractivity contribution in [3.63, 3.8) is 0 Å². The molecule has 3 aromatic rings. The molecule has 1 atom stereocenters. The van der Waals surface area contributed by atoms with Crippen LogP contribution >= 0.6 is 0 Å². The second kappa shape index (κ2) is 9.74. The average Bonchev–Trinajstić information content (AvgIpc) is 3.64. The summed E-state index contributed by atoms with van der Waals surface area (Å²) in [7, 11) is 0. The fourth-order valence-corrected chi connectivity index (χ4v) is 5.04. The Kier molecular flexibility index (Phi) is 6.13. The summed E-state index contributed by atoms with van der Waals surface area (Å²) in [6, 6.07) is 16.4. The minimum absolute atomic E-state index is 0.0629. The van der Waals surface area contributed by atoms with Crippen LogP contribution in [0.15, 0.2) is 60.0 Å². The first-order valence-electron chi connectivity index (χ1n) is 13.0. The fourth-order valence-electron chi connectivity index (χ4n) is 5.04. The van der Waals surface area contributed by atoms with Gasteiger partial charge in [-0.15, -0.1) is 0 Å². The molecular weight excluding hydrogens is 466 g/mol. The van der Waals surface area contributed by atoms with Crippen molar-refractivity contribution in [3.05, 3.63) is 60.4 Å². The number of azo groups is 2. The smallest absolute Gasteiger partial charge is 0.411 e. The summed E-state index contributed by atoms with van der Waals surface area (Å²) in [6.07, 6.45) is 8.77. The lowest BCUT2D eigenvalue weighted by Crippen LogP contribution is -2.21. The van der Waals surface area contributed by atoms with Gasteiger partial charge in [0, 0.05) is 23.2 Å². The van der Waals surface area contributed by atoms with Crippen LogP contribution < -0.4 is 10.1 Å². The molecule has 0 bridgehead atoms. The van der Waals surface area contributed by atoms with Crippen molar-refractivity contribution < 1.29 is 19.0 Å². The van der Waals surface area contributed by atoms with E-state index in [-0.39, 0.29) is 6.10 Å². The van der Waals surface area contributed by atoms with Crippen LogP contribution in [0.25, 0.3) is 22.2 Å². The Labute approximate surface area is 215 Å². The monoisotopic (exact) mass is 496 g/mol. The van der Waals surface area contributed by atoms with Crippen molar-refractivity contribution >= 4 is 22.7 Å². The number of ether oxygens (including phenoxy) is 2. The molecule has 8 nitrogen and oxygen atoms in total. The van der Waals surface area contributed by atoms with E-state index in [0.717, 1.165) is 53.6 Å². The minimum atomic E-state index is -0.431. The van der Waals surface area contributed by atoms with E-state index in [2.05, 4.69) is 21.1 Å². The van der Waals surface area contributed by atoms with Gasteiger partial charge >= 0.3 is 6.09 Å². The van der Waals surface area contributed by atoms with Crippen LogP contribution in [-0.2, 0) is 4.74 Å². The third-order valence-electron chi connectivity index (χ3n) is 7.55. The van der Waals surface area contributed by atoms with E-state index in [4.69, 9.17) is 9.47 Å². The molecule has 2 aliphatic carbocycles. The Hall–Kier alpha value is -4.12. The number of aromatic nitrogens is 1. The number of benzene rings is 2. The molecule has 1 aromatic heterocycles. The first-order chi connectivity index (χ1) is 18.1. The number of rotatable bonds is 9. The SMILES string of the molecule is CC(OC(=O)Nc1ccc(-c2c(C#N)c3ccc(OCC[N+]4=NC=C4)cc3n2C2CCC2)cc1)C1CC1. The van der Waals surface area contributed by atoms with E-state index in [1.54, 1.807) is 6.20 Å². The zero-order chi connectivity index (χ0) is 25.4. The quantitative estimate of drug-likeness (QED) is 0.339. The molecule has 2 aromatic carbocycles. The highest BCUT2D eigenvalue weighted by molar-refractivity contribution is 5.96. The molecule has 0 radical (unpaired) electrons. The maximum atomic E-state index is 12.3. The minimum Gasteiger partial charge on any atom is -0.487 e. The van der Waals surface area contributed by atoms with Gasteiger partial charge in [-0.05, 0) is 79.9 Å². The summed E-state index contributed by atoms with van der Waals surface area (Å²) in [5.41, 5.74) is 4.21. The largest absolute Gasteiger partial charge is 0.487 e. The predicted octanol–water partition coefficient (Wildman–Crippen LogP) is 6.58. The van der Waals surface area contributed by atoms with E-state index in [9.17, 15) is 10.1 Å². The summed E-state index contributed by atoms with van der Waals surface area (Å²) in [5.74, 6) is 1.27. The number of hydrogen-bond acceptors (Lipinski definition) is 5. The number of anilines is 1. The lowest BCUT2D eigenvalue weighted by molar-refractivity contribution is -0.544. The topological polar surface area (TPSA) is 91.7 Å². The fraction of sp³-hybridized carbons (Fsp3) is 0.379. The Morgan fingerprint density at radius 1 is 1.22 bits per heavy atom. The van der Waals surface area contributed by atoms with Gasteiger partial charge in [0.05, 0.1) is 16.8 Å². The van der Waals surface area contributed by atoms with Crippen molar-refractivity contribution in [3.8, 4) is 23.1 Å². The van der Waals surface area contributed by atoms with Gasteiger partial charge in [-0.3, -0.25) is 5.32 Å². The molecule has 0 saturated heterocycles. The number of fused-ring (bicyclic) bond motifs is 1. The predicted molar refractivity (Wildman–Crippen MR) is 139 cm³/mol. The van der Waals surface area contributed by atoms with Crippen molar-refractivity contribution in [1.82, 2.24) is 4.57 Å². The standard InChI is InChI=1S/C29H29N5O3/c1-19(20-5-6-20)37-29(35)32-22-9-7-21(8-10-22)28-26(18-30)25-12-11-24(36-16-15-33-14-13-31-33)17-27(25)34(28)23-3-2-4-23/h7-14,17,19-20,23H,2-6,15-16H2,1H3/p+1. The second-order valence-electron chi connectivity index (χ2n) is 10.0. The Morgan fingerprint density at radius 2 is 2.00 bits per heavy atom. The first-order valence-corrected chi connectivity index (χ1v) is 13.0. The van der Waals surface area contributed by atoms with Crippen LogP contribution in [0.2, 0.25) is 0 Å². The zero-order valence-corrected chi connectivity index (χ0v) is 20.9. The van der Waals surface area contributed by atoms with E-state index in [0.29, 0.717) is 36.4 Å². The second-order valence-corrected chi connectivity index (χ2v) is 10.0. The highest BCUT2D eigenvalue weighted by Gasteiger charge is 2.31. The highest BCUT2D eigenvalue weighted by atomic mass is 16.6. The summed E-state index contributed by atoms with van der Waals surface area (Å²) < 4.78 is 15.6. The van der Waals surface area contributed by atoms with Crippen molar-refractivity contribution in [2.45, 2.75) is 51.2 Å². The molecule has 188 valence electrons. The van der Waals surface area contributed by atoms with Gasteiger partial charge in [0.15, 0.2) is 6.20 Å². The number of carbonyl (C=O) groups excluding carboxylic acids is 1. The number of amides is 1. The summed E-state index contributed by atoms with van der Waals surface area (Å²) in [5, 5.41) is 18.1. The van der Waals surface area contributed by atoms with E-state index in [1.807, 2.05) is 60.3 Å². The number of nitrogens with zero attached hydrogens (tertiary/aromatic N) is 4. The molecule has 2 fully saturated rings. The molecule has 2 heterocycles. The molecule has 2 saturated carbocycles. The van der Waals surface area contributed by atoms with E-state index in [1.165, 1.54) is 6.42 Å². The average molecular weight is 497 g/mol. The van der Waals surface area contributed by atoms with Crippen molar-refractivity contribution in [2.75, 3.05) is 18.5 Å². The molecule has 37 heavy (non-hydrogen) atoms. The lowest BCUT2D eigenvalue weighted by Gasteiger charge is -2.30. The Bertz CT molecular complexity index is 1440. The van der Waals surface area contributed by atoms with Crippen LogP contribution in [0.5, 0.6) is 5.75 Å². The van der Waals surface area contributed by atoms with Gasteiger partial charge in [-0.2, -0.15) is 5.26 Å². The van der Waals surface area contributed by atoms with Crippen molar-refractivity contribution in [1.29, 1.82) is 5.26 Å². The maximum absolute atomic E-state index is 12.3. The van der Waals surface area contributed by atoms with Gasteiger partial charge in [0.1, 0.15) is 24.5 Å². The van der Waals surface area contributed by atoms with Gasteiger partial charge in [0.2, 0.25) is 12.7 Å². The van der Waals surface area contributed by atoms with Crippen LogP contribution in [0.4, 0.5) is 10.5 Å². The summed E-state index contributed by atoms with van der Waals surface area (Å²) in [6.45, 7) is 3.16. The molecule has 6 rings (SSSR count). The van der Waals surface area contributed by atoms with Gasteiger partial charge < -0.3 is 14.0 Å². The van der Waals surface area contributed by atoms with Crippen LogP contribution in [0, 0.1) is 17.2 Å². The van der Waals surface area contributed by atoms with Crippen LogP contribution in [0.1, 0.15) is 50.6 Å². The number of nitrogens with one attached hydrogen (secondary N) is 1.